The van der Waals surface area contributed by atoms with Crippen LogP contribution in [0.25, 0.3) is 0 Å². The molecule has 2 atom stereocenters. The molecule has 2 N–H and O–H groups in total. The Bertz CT molecular complexity index is 608. The van der Waals surface area contributed by atoms with Crippen LogP contribution in [0.1, 0.15) is 59.3 Å². The van der Waals surface area contributed by atoms with Crippen molar-refractivity contribution in [1.29, 1.82) is 0 Å². The molecule has 1 saturated carbocycles. The molecule has 1 aliphatic heterocycles. The summed E-state index contributed by atoms with van der Waals surface area (Å²) in [5, 5.41) is 6.47. The molecular weight excluding hydrogens is 341 g/mol. The molecule has 6 heteroatoms. The summed E-state index contributed by atoms with van der Waals surface area (Å²) < 4.78 is 39.5. The lowest BCUT2D eigenvalue weighted by Crippen LogP contribution is -2.54. The maximum absolute atomic E-state index is 13.2. The van der Waals surface area contributed by atoms with Gasteiger partial charge in [0.1, 0.15) is 0 Å². The first-order chi connectivity index (χ1) is 12.0. The van der Waals surface area contributed by atoms with Gasteiger partial charge in [0.25, 0.3) is 0 Å². The molecule has 0 bridgehead atoms. The van der Waals surface area contributed by atoms with Gasteiger partial charge in [-0.05, 0) is 49.9 Å². The summed E-state index contributed by atoms with van der Waals surface area (Å²) in [6.45, 7) is 6.71. The van der Waals surface area contributed by atoms with Crippen molar-refractivity contribution >= 4 is 5.91 Å². The molecule has 0 aromatic carbocycles. The van der Waals surface area contributed by atoms with Crippen molar-refractivity contribution in [2.24, 2.45) is 17.3 Å². The molecule has 0 radical (unpaired) electrons. The molecule has 3 rings (SSSR count). The van der Waals surface area contributed by atoms with Crippen molar-refractivity contribution in [2.75, 3.05) is 0 Å². The van der Waals surface area contributed by atoms with Crippen LogP contribution >= 0.6 is 0 Å². The lowest BCUT2D eigenvalue weighted by Gasteiger charge is -2.42. The minimum atomic E-state index is -4.33. The summed E-state index contributed by atoms with van der Waals surface area (Å²) in [5.74, 6) is -0.0363. The SMILES string of the molecule is CC(C)(C)C1CCC2(CC1)NC(=O)C(C1C=CCC=C(C(F)(F)F)C1)N2. The van der Waals surface area contributed by atoms with E-state index in [2.05, 4.69) is 31.4 Å². The van der Waals surface area contributed by atoms with Gasteiger partial charge in [0.05, 0.1) is 11.7 Å². The van der Waals surface area contributed by atoms with E-state index < -0.39 is 29.4 Å². The first kappa shape index (κ1) is 19.5. The lowest BCUT2D eigenvalue weighted by molar-refractivity contribution is -0.122. The van der Waals surface area contributed by atoms with Gasteiger partial charge in [0.15, 0.2) is 0 Å². The van der Waals surface area contributed by atoms with Crippen molar-refractivity contribution < 1.29 is 18.0 Å². The van der Waals surface area contributed by atoms with Crippen LogP contribution in [0, 0.1) is 17.3 Å². The van der Waals surface area contributed by atoms with Gasteiger partial charge in [0, 0.05) is 11.5 Å². The molecule has 3 nitrogen and oxygen atoms in total. The van der Waals surface area contributed by atoms with E-state index in [1.54, 1.807) is 12.2 Å². The third-order valence-corrected chi connectivity index (χ3v) is 6.27. The van der Waals surface area contributed by atoms with Crippen LogP contribution in [-0.2, 0) is 4.79 Å². The Morgan fingerprint density at radius 2 is 1.81 bits per heavy atom. The first-order valence-electron chi connectivity index (χ1n) is 9.53. The molecule has 26 heavy (non-hydrogen) atoms. The smallest absolute Gasteiger partial charge is 0.337 e. The van der Waals surface area contributed by atoms with Gasteiger partial charge in [-0.3, -0.25) is 10.1 Å². The van der Waals surface area contributed by atoms with E-state index in [9.17, 15) is 18.0 Å². The third-order valence-electron chi connectivity index (χ3n) is 6.27. The van der Waals surface area contributed by atoms with E-state index in [-0.39, 0.29) is 24.2 Å². The first-order valence-corrected chi connectivity index (χ1v) is 9.53. The van der Waals surface area contributed by atoms with E-state index in [4.69, 9.17) is 0 Å². The van der Waals surface area contributed by atoms with Crippen LogP contribution in [-0.4, -0.2) is 23.8 Å². The topological polar surface area (TPSA) is 41.1 Å². The number of allylic oxidation sites excluding steroid dienone is 3. The molecule has 1 saturated heterocycles. The van der Waals surface area contributed by atoms with Crippen molar-refractivity contribution in [1.82, 2.24) is 10.6 Å². The van der Waals surface area contributed by atoms with Gasteiger partial charge < -0.3 is 5.32 Å². The normalized spacial score (nSPS) is 36.0. The maximum Gasteiger partial charge on any atom is 0.412 e. The molecule has 3 aliphatic rings. The van der Waals surface area contributed by atoms with Crippen LogP contribution in [0.15, 0.2) is 23.8 Å². The molecule has 1 amide bonds. The zero-order chi connectivity index (χ0) is 19.2. The highest BCUT2D eigenvalue weighted by Crippen LogP contribution is 2.43. The standard InChI is InChI=1S/C20H29F3N2O/c1-18(2,3)14-8-10-19(11-9-14)24-16(17(26)25-19)13-6-4-5-7-15(12-13)20(21,22)23/h4,6-7,13-14,16,24H,5,8-12H2,1-3H3,(H,25,26). The summed E-state index contributed by atoms with van der Waals surface area (Å²) in [4.78, 5) is 12.6. The Hall–Kier alpha value is -1.30. The van der Waals surface area contributed by atoms with E-state index in [0.29, 0.717) is 5.92 Å². The maximum atomic E-state index is 13.2. The molecule has 1 heterocycles. The highest BCUT2D eigenvalue weighted by Gasteiger charge is 2.49. The fourth-order valence-corrected chi connectivity index (χ4v) is 4.59. The Morgan fingerprint density at radius 1 is 1.15 bits per heavy atom. The molecule has 0 aromatic heterocycles. The number of alkyl halides is 3. The number of rotatable bonds is 1. The Kier molecular flexibility index (Phi) is 5.01. The van der Waals surface area contributed by atoms with E-state index in [1.165, 1.54) is 6.08 Å². The molecule has 2 fully saturated rings. The zero-order valence-electron chi connectivity index (χ0n) is 15.7. The zero-order valence-corrected chi connectivity index (χ0v) is 15.7. The number of carbonyl (C=O) groups excluding carboxylic acids is 1. The molecule has 2 aliphatic carbocycles. The minimum Gasteiger partial charge on any atom is -0.337 e. The number of halogens is 3. The van der Waals surface area contributed by atoms with Crippen molar-refractivity contribution in [3.8, 4) is 0 Å². The van der Waals surface area contributed by atoms with Gasteiger partial charge in [-0.25, -0.2) is 0 Å². The summed E-state index contributed by atoms with van der Waals surface area (Å²) in [6, 6.07) is -0.596. The second kappa shape index (κ2) is 6.70. The Morgan fingerprint density at radius 3 is 2.38 bits per heavy atom. The van der Waals surface area contributed by atoms with Gasteiger partial charge in [-0.15, -0.1) is 0 Å². The van der Waals surface area contributed by atoms with Gasteiger partial charge >= 0.3 is 6.18 Å². The van der Waals surface area contributed by atoms with Crippen LogP contribution in [0.4, 0.5) is 13.2 Å². The largest absolute Gasteiger partial charge is 0.412 e. The van der Waals surface area contributed by atoms with Crippen molar-refractivity contribution in [3.05, 3.63) is 23.8 Å². The predicted molar refractivity (Wildman–Crippen MR) is 95.2 cm³/mol. The average Bonchev–Trinajstić information content (AvgIpc) is 2.72. The monoisotopic (exact) mass is 370 g/mol. The van der Waals surface area contributed by atoms with E-state index in [1.807, 2.05) is 0 Å². The minimum absolute atomic E-state index is 0.147. The fraction of sp³-hybridized carbons (Fsp3) is 0.750. The summed E-state index contributed by atoms with van der Waals surface area (Å²) in [6.07, 6.45) is 4.20. The van der Waals surface area contributed by atoms with Crippen molar-refractivity contribution in [2.45, 2.75) is 77.2 Å². The summed E-state index contributed by atoms with van der Waals surface area (Å²) in [7, 11) is 0. The van der Waals surface area contributed by atoms with Gasteiger partial charge in [0.2, 0.25) is 5.91 Å². The van der Waals surface area contributed by atoms with E-state index >= 15 is 0 Å². The van der Waals surface area contributed by atoms with Crippen LogP contribution in [0.2, 0.25) is 0 Å². The van der Waals surface area contributed by atoms with Crippen LogP contribution in [0.3, 0.4) is 0 Å². The number of hydrogen-bond donors (Lipinski definition) is 2. The van der Waals surface area contributed by atoms with Crippen LogP contribution < -0.4 is 10.6 Å². The number of amides is 1. The second-order valence-electron chi connectivity index (χ2n) is 9.09. The van der Waals surface area contributed by atoms with Gasteiger partial charge in [-0.2, -0.15) is 13.2 Å². The third kappa shape index (κ3) is 4.00. The van der Waals surface area contributed by atoms with Crippen molar-refractivity contribution in [3.63, 3.8) is 0 Å². The summed E-state index contributed by atoms with van der Waals surface area (Å²) in [5.41, 5.74) is -0.745. The highest BCUT2D eigenvalue weighted by atomic mass is 19.4. The number of carbonyl (C=O) groups is 1. The summed E-state index contributed by atoms with van der Waals surface area (Å²) >= 11 is 0. The van der Waals surface area contributed by atoms with E-state index in [0.717, 1.165) is 25.7 Å². The molecular formula is C20H29F3N2O. The average molecular weight is 370 g/mol. The highest BCUT2D eigenvalue weighted by molar-refractivity contribution is 5.85. The van der Waals surface area contributed by atoms with Crippen LogP contribution in [0.5, 0.6) is 0 Å². The molecule has 2 unspecified atom stereocenters. The Balaban J connectivity index is 1.70. The Labute approximate surface area is 153 Å². The molecule has 1 spiro atoms. The fourth-order valence-electron chi connectivity index (χ4n) is 4.59. The molecule has 146 valence electrons. The number of hydrogen-bond acceptors (Lipinski definition) is 2. The number of nitrogens with one attached hydrogen (secondary N) is 2. The quantitative estimate of drug-likeness (QED) is 0.669. The molecule has 0 aromatic rings. The lowest BCUT2D eigenvalue weighted by atomic mass is 9.69. The van der Waals surface area contributed by atoms with Gasteiger partial charge in [-0.1, -0.05) is 39.0 Å². The predicted octanol–water partition coefficient (Wildman–Crippen LogP) is 4.46. The second-order valence-corrected chi connectivity index (χ2v) is 9.09.